The van der Waals surface area contributed by atoms with Crippen LogP contribution in [0.15, 0.2) is 59.1 Å². The lowest BCUT2D eigenvalue weighted by Crippen LogP contribution is -2.20. The van der Waals surface area contributed by atoms with Crippen LogP contribution in [-0.4, -0.2) is 22.6 Å². The standard InChI is InChI=1S/C18H17BrO3S/c19-16-8-6-14(7-9-16)17(20)10-15(18(21)22)12-23-11-13-4-2-1-3-5-13/h1-9,15H,10-12H2,(H,21,22). The van der Waals surface area contributed by atoms with Gasteiger partial charge in [-0.15, -0.1) is 0 Å². The van der Waals surface area contributed by atoms with E-state index in [1.807, 2.05) is 30.3 Å². The first-order valence-electron chi connectivity index (χ1n) is 7.19. The molecule has 0 aliphatic heterocycles. The number of benzene rings is 2. The lowest BCUT2D eigenvalue weighted by Gasteiger charge is -2.11. The summed E-state index contributed by atoms with van der Waals surface area (Å²) in [4.78, 5) is 23.6. The van der Waals surface area contributed by atoms with Crippen molar-refractivity contribution in [2.45, 2.75) is 12.2 Å². The van der Waals surface area contributed by atoms with E-state index in [9.17, 15) is 14.7 Å². The summed E-state index contributed by atoms with van der Waals surface area (Å²) in [6.45, 7) is 0. The molecule has 0 saturated carbocycles. The second kappa shape index (κ2) is 8.89. The average Bonchev–Trinajstić information content (AvgIpc) is 2.55. The van der Waals surface area contributed by atoms with Crippen molar-refractivity contribution in [3.05, 3.63) is 70.2 Å². The Hall–Kier alpha value is -1.59. The molecule has 0 aliphatic carbocycles. The first-order chi connectivity index (χ1) is 11.1. The topological polar surface area (TPSA) is 54.4 Å². The Morgan fingerprint density at radius 2 is 1.70 bits per heavy atom. The molecular weight excluding hydrogens is 376 g/mol. The van der Waals surface area contributed by atoms with Gasteiger partial charge in [0.15, 0.2) is 5.78 Å². The van der Waals surface area contributed by atoms with Gasteiger partial charge in [0.05, 0.1) is 5.92 Å². The molecule has 0 heterocycles. The number of hydrogen-bond acceptors (Lipinski definition) is 3. The monoisotopic (exact) mass is 392 g/mol. The number of carboxylic acid groups (broad SMARTS) is 1. The van der Waals surface area contributed by atoms with E-state index < -0.39 is 11.9 Å². The van der Waals surface area contributed by atoms with Gasteiger partial charge in [0.2, 0.25) is 0 Å². The zero-order valence-corrected chi connectivity index (χ0v) is 14.8. The zero-order chi connectivity index (χ0) is 16.7. The van der Waals surface area contributed by atoms with Gasteiger partial charge in [0, 0.05) is 28.0 Å². The number of aliphatic carboxylic acids is 1. The number of hydrogen-bond donors (Lipinski definition) is 1. The van der Waals surface area contributed by atoms with Gasteiger partial charge in [-0.1, -0.05) is 58.4 Å². The summed E-state index contributed by atoms with van der Waals surface area (Å²) in [5.74, 6) is -0.551. The summed E-state index contributed by atoms with van der Waals surface area (Å²) in [6, 6.07) is 16.9. The minimum absolute atomic E-state index is 0.0265. The Balaban J connectivity index is 1.89. The second-order valence-electron chi connectivity index (χ2n) is 5.17. The Labute approximate surface area is 148 Å². The van der Waals surface area contributed by atoms with Crippen molar-refractivity contribution >= 4 is 39.4 Å². The predicted molar refractivity (Wildman–Crippen MR) is 96.8 cm³/mol. The molecule has 0 saturated heterocycles. The largest absolute Gasteiger partial charge is 0.481 e. The third-order valence-electron chi connectivity index (χ3n) is 3.38. The Bertz CT molecular complexity index is 656. The molecule has 0 aromatic heterocycles. The maximum atomic E-state index is 12.2. The number of Topliss-reactive ketones (excluding diaryl/α,β-unsaturated/α-hetero) is 1. The van der Waals surface area contributed by atoms with E-state index in [-0.39, 0.29) is 12.2 Å². The van der Waals surface area contributed by atoms with E-state index in [0.717, 1.165) is 15.8 Å². The number of carboxylic acids is 1. The fourth-order valence-corrected chi connectivity index (χ4v) is 3.44. The van der Waals surface area contributed by atoms with Gasteiger partial charge >= 0.3 is 5.97 Å². The molecule has 0 aliphatic rings. The van der Waals surface area contributed by atoms with Gasteiger partial charge in [-0.3, -0.25) is 9.59 Å². The molecule has 0 spiro atoms. The van der Waals surface area contributed by atoms with Crippen molar-refractivity contribution in [3.8, 4) is 0 Å². The molecule has 2 aromatic rings. The number of rotatable bonds is 8. The van der Waals surface area contributed by atoms with Crippen molar-refractivity contribution in [1.82, 2.24) is 0 Å². The average molecular weight is 393 g/mol. The van der Waals surface area contributed by atoms with Crippen molar-refractivity contribution in [2.24, 2.45) is 5.92 Å². The molecule has 2 rings (SSSR count). The molecule has 1 N–H and O–H groups in total. The normalized spacial score (nSPS) is 11.9. The Morgan fingerprint density at radius 1 is 1.04 bits per heavy atom. The molecule has 23 heavy (non-hydrogen) atoms. The quantitative estimate of drug-likeness (QED) is 0.663. The maximum absolute atomic E-state index is 12.2. The highest BCUT2D eigenvalue weighted by atomic mass is 79.9. The number of thioether (sulfide) groups is 1. The van der Waals surface area contributed by atoms with Crippen LogP contribution in [0.5, 0.6) is 0 Å². The highest BCUT2D eigenvalue weighted by Crippen LogP contribution is 2.20. The van der Waals surface area contributed by atoms with Crippen LogP contribution in [0.2, 0.25) is 0 Å². The van der Waals surface area contributed by atoms with Crippen LogP contribution >= 0.6 is 27.7 Å². The fourth-order valence-electron chi connectivity index (χ4n) is 2.09. The second-order valence-corrected chi connectivity index (χ2v) is 7.12. The van der Waals surface area contributed by atoms with E-state index in [1.54, 1.807) is 36.0 Å². The molecule has 0 amide bonds. The van der Waals surface area contributed by atoms with Crippen LogP contribution < -0.4 is 0 Å². The van der Waals surface area contributed by atoms with E-state index in [1.165, 1.54) is 0 Å². The van der Waals surface area contributed by atoms with E-state index in [4.69, 9.17) is 0 Å². The SMILES string of the molecule is O=C(CC(CSCc1ccccc1)C(=O)O)c1ccc(Br)cc1. The minimum Gasteiger partial charge on any atom is -0.481 e. The molecule has 0 radical (unpaired) electrons. The number of carbonyl (C=O) groups excluding carboxylic acids is 1. The third kappa shape index (κ3) is 5.84. The highest BCUT2D eigenvalue weighted by molar-refractivity contribution is 9.10. The van der Waals surface area contributed by atoms with E-state index in [0.29, 0.717) is 11.3 Å². The molecule has 3 nitrogen and oxygen atoms in total. The molecule has 0 bridgehead atoms. The van der Waals surface area contributed by atoms with Crippen LogP contribution in [0, 0.1) is 5.92 Å². The molecule has 5 heteroatoms. The lowest BCUT2D eigenvalue weighted by atomic mass is 10.00. The van der Waals surface area contributed by atoms with Crippen LogP contribution in [0.4, 0.5) is 0 Å². The number of halogens is 1. The van der Waals surface area contributed by atoms with E-state index >= 15 is 0 Å². The van der Waals surface area contributed by atoms with Crippen LogP contribution in [-0.2, 0) is 10.5 Å². The van der Waals surface area contributed by atoms with Crippen molar-refractivity contribution in [2.75, 3.05) is 5.75 Å². The van der Waals surface area contributed by atoms with Gasteiger partial charge in [-0.25, -0.2) is 0 Å². The summed E-state index contributed by atoms with van der Waals surface area (Å²) in [5, 5.41) is 9.34. The van der Waals surface area contributed by atoms with E-state index in [2.05, 4.69) is 15.9 Å². The van der Waals surface area contributed by atoms with Gasteiger partial charge < -0.3 is 5.11 Å². The molecule has 1 unspecified atom stereocenters. The number of ketones is 1. The smallest absolute Gasteiger partial charge is 0.307 e. The van der Waals surface area contributed by atoms with Gasteiger partial charge in [0.25, 0.3) is 0 Å². The fraction of sp³-hybridized carbons (Fsp3) is 0.222. The summed E-state index contributed by atoms with van der Waals surface area (Å²) >= 11 is 4.86. The van der Waals surface area contributed by atoms with Crippen molar-refractivity contribution in [3.63, 3.8) is 0 Å². The van der Waals surface area contributed by atoms with Crippen LogP contribution in [0.25, 0.3) is 0 Å². The molecule has 1 atom stereocenters. The van der Waals surface area contributed by atoms with Crippen LogP contribution in [0.1, 0.15) is 22.3 Å². The lowest BCUT2D eigenvalue weighted by molar-refractivity contribution is -0.140. The predicted octanol–water partition coefficient (Wildman–Crippen LogP) is 4.66. The van der Waals surface area contributed by atoms with Crippen molar-refractivity contribution < 1.29 is 14.7 Å². The zero-order valence-electron chi connectivity index (χ0n) is 12.4. The highest BCUT2D eigenvalue weighted by Gasteiger charge is 2.22. The maximum Gasteiger partial charge on any atom is 0.307 e. The van der Waals surface area contributed by atoms with Gasteiger partial charge in [-0.2, -0.15) is 11.8 Å². The first kappa shape index (κ1) is 17.8. The minimum atomic E-state index is -0.920. The summed E-state index contributed by atoms with van der Waals surface area (Å²) in [5.41, 5.74) is 1.70. The molecular formula is C18H17BrO3S. The summed E-state index contributed by atoms with van der Waals surface area (Å²) in [7, 11) is 0. The summed E-state index contributed by atoms with van der Waals surface area (Å²) in [6.07, 6.45) is 0.0265. The Kier molecular flexibility index (Phi) is 6.86. The third-order valence-corrected chi connectivity index (χ3v) is 5.08. The molecule has 2 aromatic carbocycles. The Morgan fingerprint density at radius 3 is 2.30 bits per heavy atom. The first-order valence-corrected chi connectivity index (χ1v) is 9.14. The summed E-state index contributed by atoms with van der Waals surface area (Å²) < 4.78 is 0.891. The van der Waals surface area contributed by atoms with Crippen LogP contribution in [0.3, 0.4) is 0 Å². The van der Waals surface area contributed by atoms with Gasteiger partial charge in [0.1, 0.15) is 0 Å². The van der Waals surface area contributed by atoms with Gasteiger partial charge in [-0.05, 0) is 17.7 Å². The molecule has 120 valence electrons. The molecule has 0 fully saturated rings. The number of carbonyl (C=O) groups is 2. The van der Waals surface area contributed by atoms with Crippen molar-refractivity contribution in [1.29, 1.82) is 0 Å².